The molecule has 0 radical (unpaired) electrons. The Kier molecular flexibility index (Phi) is 5.66. The van der Waals surface area contributed by atoms with E-state index in [0.717, 1.165) is 31.5 Å². The fourth-order valence-corrected chi connectivity index (χ4v) is 4.58. The van der Waals surface area contributed by atoms with Crippen molar-refractivity contribution in [3.63, 3.8) is 0 Å². The van der Waals surface area contributed by atoms with Gasteiger partial charge in [0.25, 0.3) is 10.2 Å². The van der Waals surface area contributed by atoms with Gasteiger partial charge in [-0.15, -0.1) is 0 Å². The van der Waals surface area contributed by atoms with E-state index in [1.54, 1.807) is 4.31 Å². The molecule has 0 bridgehead atoms. The van der Waals surface area contributed by atoms with E-state index in [-0.39, 0.29) is 6.04 Å². The number of benzene rings is 1. The molecular formula is C16H25N3O3S. The molecule has 6 nitrogen and oxygen atoms in total. The first-order valence-corrected chi connectivity index (χ1v) is 9.71. The van der Waals surface area contributed by atoms with Crippen molar-refractivity contribution >= 4 is 10.2 Å². The lowest BCUT2D eigenvalue weighted by Gasteiger charge is -2.31. The molecule has 2 aliphatic rings. The Balaban J connectivity index is 1.74. The van der Waals surface area contributed by atoms with Crippen LogP contribution in [0.15, 0.2) is 30.3 Å². The summed E-state index contributed by atoms with van der Waals surface area (Å²) in [6, 6.07) is 9.58. The van der Waals surface area contributed by atoms with Crippen molar-refractivity contribution in [2.45, 2.75) is 18.9 Å². The van der Waals surface area contributed by atoms with Gasteiger partial charge >= 0.3 is 0 Å². The zero-order valence-electron chi connectivity index (χ0n) is 13.4. The third kappa shape index (κ3) is 4.51. The average molecular weight is 339 g/mol. The van der Waals surface area contributed by atoms with Crippen LogP contribution in [0.2, 0.25) is 0 Å². The van der Waals surface area contributed by atoms with Gasteiger partial charge in [-0.25, -0.2) is 0 Å². The van der Waals surface area contributed by atoms with Crippen molar-refractivity contribution in [1.82, 2.24) is 13.9 Å². The fourth-order valence-electron chi connectivity index (χ4n) is 3.12. The Hall–Kier alpha value is -0.990. The summed E-state index contributed by atoms with van der Waals surface area (Å²) in [5.41, 5.74) is 1.00. The highest BCUT2D eigenvalue weighted by molar-refractivity contribution is 7.87. The second kappa shape index (κ2) is 7.72. The summed E-state index contributed by atoms with van der Waals surface area (Å²) >= 11 is 0. The highest BCUT2D eigenvalue weighted by Crippen LogP contribution is 2.19. The lowest BCUT2D eigenvalue weighted by Crippen LogP contribution is -2.46. The number of nitrogens with zero attached hydrogens (tertiary/aromatic N) is 2. The minimum Gasteiger partial charge on any atom is -0.379 e. The SMILES string of the molecule is O=S(=O)(NC(CN1CCOCC1)c1ccccc1)N1CCCC1. The van der Waals surface area contributed by atoms with Gasteiger partial charge in [-0.3, -0.25) is 4.90 Å². The van der Waals surface area contributed by atoms with Crippen LogP contribution in [0.3, 0.4) is 0 Å². The highest BCUT2D eigenvalue weighted by atomic mass is 32.2. The Morgan fingerprint density at radius 1 is 1.04 bits per heavy atom. The minimum absolute atomic E-state index is 0.236. The number of rotatable bonds is 6. The number of morpholine rings is 1. The zero-order valence-corrected chi connectivity index (χ0v) is 14.2. The Morgan fingerprint density at radius 3 is 2.35 bits per heavy atom. The fraction of sp³-hybridized carbons (Fsp3) is 0.625. The summed E-state index contributed by atoms with van der Waals surface area (Å²) < 4.78 is 35.1. The molecule has 23 heavy (non-hydrogen) atoms. The predicted octanol–water partition coefficient (Wildman–Crippen LogP) is 0.990. The smallest absolute Gasteiger partial charge is 0.280 e. The van der Waals surface area contributed by atoms with Crippen LogP contribution in [0.4, 0.5) is 0 Å². The topological polar surface area (TPSA) is 61.9 Å². The van der Waals surface area contributed by atoms with E-state index in [0.29, 0.717) is 32.8 Å². The van der Waals surface area contributed by atoms with Gasteiger partial charge in [0.1, 0.15) is 0 Å². The summed E-state index contributed by atoms with van der Waals surface area (Å²) in [5, 5.41) is 0. The summed E-state index contributed by atoms with van der Waals surface area (Å²) in [5.74, 6) is 0. The summed E-state index contributed by atoms with van der Waals surface area (Å²) in [6.07, 6.45) is 1.89. The summed E-state index contributed by atoms with van der Waals surface area (Å²) in [6.45, 7) is 5.01. The van der Waals surface area contributed by atoms with Crippen LogP contribution in [0.1, 0.15) is 24.4 Å². The van der Waals surface area contributed by atoms with Crippen LogP contribution in [0.25, 0.3) is 0 Å². The number of hydrogen-bond donors (Lipinski definition) is 1. The molecule has 2 fully saturated rings. The van der Waals surface area contributed by atoms with Crippen LogP contribution >= 0.6 is 0 Å². The van der Waals surface area contributed by atoms with Gasteiger partial charge in [0.2, 0.25) is 0 Å². The molecule has 1 aromatic carbocycles. The van der Waals surface area contributed by atoms with Gasteiger partial charge in [-0.05, 0) is 18.4 Å². The Morgan fingerprint density at radius 2 is 1.70 bits per heavy atom. The van der Waals surface area contributed by atoms with Gasteiger partial charge in [0, 0.05) is 32.7 Å². The summed E-state index contributed by atoms with van der Waals surface area (Å²) in [4.78, 5) is 2.26. The van der Waals surface area contributed by atoms with E-state index < -0.39 is 10.2 Å². The van der Waals surface area contributed by atoms with Crippen LogP contribution in [0.5, 0.6) is 0 Å². The second-order valence-corrected chi connectivity index (χ2v) is 7.81. The molecule has 1 unspecified atom stereocenters. The van der Waals surface area contributed by atoms with Crippen LogP contribution < -0.4 is 4.72 Å². The first kappa shape index (κ1) is 16.9. The third-order valence-corrected chi connectivity index (χ3v) is 6.07. The van der Waals surface area contributed by atoms with Gasteiger partial charge in [-0.2, -0.15) is 17.4 Å². The van der Waals surface area contributed by atoms with Crippen molar-refractivity contribution < 1.29 is 13.2 Å². The van der Waals surface area contributed by atoms with Gasteiger partial charge in [0.15, 0.2) is 0 Å². The van der Waals surface area contributed by atoms with E-state index >= 15 is 0 Å². The normalized spacial score (nSPS) is 22.3. The largest absolute Gasteiger partial charge is 0.379 e. The van der Waals surface area contributed by atoms with E-state index in [9.17, 15) is 8.42 Å². The molecule has 2 saturated heterocycles. The standard InChI is InChI=1S/C16H25N3O3S/c20-23(21,19-8-4-5-9-19)17-16(15-6-2-1-3-7-15)14-18-10-12-22-13-11-18/h1-3,6-7,16-17H,4-5,8-14H2. The molecule has 7 heteroatoms. The number of nitrogens with one attached hydrogen (secondary N) is 1. The maximum Gasteiger partial charge on any atom is 0.280 e. The van der Waals surface area contributed by atoms with E-state index in [4.69, 9.17) is 4.74 Å². The molecule has 0 saturated carbocycles. The van der Waals surface area contributed by atoms with Crippen molar-refractivity contribution in [3.05, 3.63) is 35.9 Å². The van der Waals surface area contributed by atoms with Gasteiger partial charge in [0.05, 0.1) is 19.3 Å². The van der Waals surface area contributed by atoms with E-state index in [1.807, 2.05) is 30.3 Å². The molecule has 128 valence electrons. The molecule has 1 atom stereocenters. The minimum atomic E-state index is -3.43. The first-order valence-electron chi connectivity index (χ1n) is 8.27. The van der Waals surface area contributed by atoms with Crippen molar-refractivity contribution in [2.75, 3.05) is 45.9 Å². The molecule has 0 amide bonds. The molecule has 1 N–H and O–H groups in total. The lowest BCUT2D eigenvalue weighted by atomic mass is 10.1. The van der Waals surface area contributed by atoms with Gasteiger partial charge < -0.3 is 4.74 Å². The molecule has 0 aromatic heterocycles. The molecule has 0 spiro atoms. The molecule has 3 rings (SSSR count). The quantitative estimate of drug-likeness (QED) is 0.840. The Labute approximate surface area is 138 Å². The molecule has 1 aromatic rings. The molecule has 2 heterocycles. The summed E-state index contributed by atoms with van der Waals surface area (Å²) in [7, 11) is -3.43. The third-order valence-electron chi connectivity index (χ3n) is 4.44. The maximum absolute atomic E-state index is 12.6. The lowest BCUT2D eigenvalue weighted by molar-refractivity contribution is 0.0344. The van der Waals surface area contributed by atoms with Crippen molar-refractivity contribution in [2.24, 2.45) is 0 Å². The monoisotopic (exact) mass is 339 g/mol. The molecule has 2 aliphatic heterocycles. The number of hydrogen-bond acceptors (Lipinski definition) is 4. The van der Waals surface area contributed by atoms with Crippen LogP contribution in [-0.4, -0.2) is 63.6 Å². The molecular weight excluding hydrogens is 314 g/mol. The first-order chi connectivity index (χ1) is 11.1. The van der Waals surface area contributed by atoms with E-state index in [2.05, 4.69) is 9.62 Å². The van der Waals surface area contributed by atoms with Gasteiger partial charge in [-0.1, -0.05) is 30.3 Å². The maximum atomic E-state index is 12.6. The Bertz CT molecular complexity index is 582. The predicted molar refractivity (Wildman–Crippen MR) is 89.3 cm³/mol. The van der Waals surface area contributed by atoms with Crippen molar-refractivity contribution in [3.8, 4) is 0 Å². The average Bonchev–Trinajstić information content (AvgIpc) is 3.11. The second-order valence-electron chi connectivity index (χ2n) is 6.11. The van der Waals surface area contributed by atoms with Crippen LogP contribution in [0, 0.1) is 0 Å². The van der Waals surface area contributed by atoms with Crippen molar-refractivity contribution in [1.29, 1.82) is 0 Å². The molecule has 0 aliphatic carbocycles. The van der Waals surface area contributed by atoms with Crippen LogP contribution in [-0.2, 0) is 14.9 Å². The highest BCUT2D eigenvalue weighted by Gasteiger charge is 2.29. The number of ether oxygens (including phenoxy) is 1. The van der Waals surface area contributed by atoms with E-state index in [1.165, 1.54) is 0 Å². The zero-order chi connectivity index (χ0) is 16.1.